The van der Waals surface area contributed by atoms with Crippen LogP contribution in [-0.4, -0.2) is 51.1 Å². The number of carbonyl (C=O) groups is 2. The Balaban J connectivity index is 1.43. The second-order valence-electron chi connectivity index (χ2n) is 7.92. The highest BCUT2D eigenvalue weighted by atomic mass is 19.1. The minimum Gasteiger partial charge on any atom is -0.321 e. The molecule has 1 aliphatic heterocycles. The van der Waals surface area contributed by atoms with Gasteiger partial charge in [-0.2, -0.15) is 0 Å². The molecule has 0 bridgehead atoms. The first kappa shape index (κ1) is 21.9. The standard InChI is InChI=1S/C23H29FN4O2/c1-3-18-7-4-6-17(2)23(18)26-22(30)16-28-12-10-27(11-13-28)15-21(29)25-20-9-5-8-19(24)14-20/h4-9,14H,3,10-13,15-16H2,1-2H3,(H,25,29)(H,26,30)/p+2. The molecule has 0 atom stereocenters. The summed E-state index contributed by atoms with van der Waals surface area (Å²) in [6.45, 7) is 8.20. The smallest absolute Gasteiger partial charge is 0.279 e. The van der Waals surface area contributed by atoms with Crippen molar-refractivity contribution >= 4 is 23.2 Å². The van der Waals surface area contributed by atoms with E-state index in [1.807, 2.05) is 25.1 Å². The van der Waals surface area contributed by atoms with E-state index in [-0.39, 0.29) is 17.6 Å². The fourth-order valence-electron chi connectivity index (χ4n) is 3.92. The van der Waals surface area contributed by atoms with Crippen molar-refractivity contribution in [2.45, 2.75) is 20.3 Å². The first-order chi connectivity index (χ1) is 14.4. The lowest BCUT2D eigenvalue weighted by Crippen LogP contribution is -3.28. The van der Waals surface area contributed by atoms with Gasteiger partial charge >= 0.3 is 0 Å². The van der Waals surface area contributed by atoms with E-state index in [9.17, 15) is 14.0 Å². The maximum absolute atomic E-state index is 13.2. The number of quaternary nitrogens is 2. The molecule has 1 heterocycles. The number of nitrogens with one attached hydrogen (secondary N) is 4. The zero-order chi connectivity index (χ0) is 21.5. The Kier molecular flexibility index (Phi) is 7.54. The summed E-state index contributed by atoms with van der Waals surface area (Å²) in [6.07, 6.45) is 0.879. The van der Waals surface area contributed by atoms with Crippen molar-refractivity contribution in [3.05, 3.63) is 59.4 Å². The molecule has 3 rings (SSSR count). The molecule has 1 aliphatic rings. The number of benzene rings is 2. The number of hydrogen-bond acceptors (Lipinski definition) is 2. The Bertz CT molecular complexity index is 895. The molecule has 0 saturated carbocycles. The predicted octanol–water partition coefficient (Wildman–Crippen LogP) is 0.0571. The van der Waals surface area contributed by atoms with Gasteiger partial charge in [-0.3, -0.25) is 9.59 Å². The number of anilines is 2. The van der Waals surface area contributed by atoms with Gasteiger partial charge in [-0.15, -0.1) is 0 Å². The van der Waals surface area contributed by atoms with Gasteiger partial charge in [-0.1, -0.05) is 31.2 Å². The van der Waals surface area contributed by atoms with E-state index >= 15 is 0 Å². The Labute approximate surface area is 177 Å². The molecule has 2 aromatic rings. The van der Waals surface area contributed by atoms with E-state index in [2.05, 4.69) is 17.6 Å². The normalized spacial score (nSPS) is 18.6. The van der Waals surface area contributed by atoms with Crippen molar-refractivity contribution in [3.8, 4) is 0 Å². The fourth-order valence-corrected chi connectivity index (χ4v) is 3.92. The van der Waals surface area contributed by atoms with Gasteiger partial charge < -0.3 is 20.4 Å². The number of carbonyl (C=O) groups excluding carboxylic acids is 2. The van der Waals surface area contributed by atoms with Crippen LogP contribution in [0.3, 0.4) is 0 Å². The number of halogens is 1. The van der Waals surface area contributed by atoms with E-state index in [1.165, 1.54) is 21.9 Å². The monoisotopic (exact) mass is 414 g/mol. The zero-order valence-corrected chi connectivity index (χ0v) is 17.7. The molecular formula is C23H31FN4O2+2. The lowest BCUT2D eigenvalue weighted by molar-refractivity contribution is -1.00. The molecule has 0 radical (unpaired) electrons. The molecule has 0 unspecified atom stereocenters. The van der Waals surface area contributed by atoms with Crippen LogP contribution in [0, 0.1) is 12.7 Å². The molecule has 1 saturated heterocycles. The molecular weight excluding hydrogens is 383 g/mol. The van der Waals surface area contributed by atoms with E-state index in [1.54, 1.807) is 12.1 Å². The van der Waals surface area contributed by atoms with Gasteiger partial charge in [0.15, 0.2) is 13.1 Å². The van der Waals surface area contributed by atoms with Crippen molar-refractivity contribution in [2.24, 2.45) is 0 Å². The Morgan fingerprint density at radius 3 is 2.13 bits per heavy atom. The number of rotatable bonds is 7. The third-order valence-electron chi connectivity index (χ3n) is 5.60. The van der Waals surface area contributed by atoms with E-state index in [0.29, 0.717) is 18.8 Å². The van der Waals surface area contributed by atoms with Crippen molar-refractivity contribution in [3.63, 3.8) is 0 Å². The van der Waals surface area contributed by atoms with Crippen molar-refractivity contribution < 1.29 is 23.8 Å². The highest BCUT2D eigenvalue weighted by Crippen LogP contribution is 2.20. The van der Waals surface area contributed by atoms with Gasteiger partial charge in [-0.05, 0) is 42.7 Å². The molecule has 2 amide bonds. The number of piperazine rings is 1. The Morgan fingerprint density at radius 2 is 1.53 bits per heavy atom. The van der Waals surface area contributed by atoms with E-state index < -0.39 is 0 Å². The first-order valence-electron chi connectivity index (χ1n) is 10.6. The summed E-state index contributed by atoms with van der Waals surface area (Å²) >= 11 is 0. The third kappa shape index (κ3) is 6.11. The number of amides is 2. The SMILES string of the molecule is CCc1cccc(C)c1NC(=O)C[NH+]1CC[NH+](CC(=O)Nc2cccc(F)c2)CC1. The number of para-hydroxylation sites is 1. The highest BCUT2D eigenvalue weighted by molar-refractivity contribution is 5.93. The minimum absolute atomic E-state index is 0.0290. The number of aryl methyl sites for hydroxylation is 2. The second-order valence-corrected chi connectivity index (χ2v) is 7.92. The Hall–Kier alpha value is -2.77. The Morgan fingerprint density at radius 1 is 0.933 bits per heavy atom. The van der Waals surface area contributed by atoms with E-state index in [4.69, 9.17) is 0 Å². The topological polar surface area (TPSA) is 67.1 Å². The summed E-state index contributed by atoms with van der Waals surface area (Å²) in [4.78, 5) is 27.2. The van der Waals surface area contributed by atoms with Crippen LogP contribution in [0.15, 0.2) is 42.5 Å². The van der Waals surface area contributed by atoms with Gasteiger partial charge in [0.05, 0.1) is 0 Å². The fraction of sp³-hybridized carbons (Fsp3) is 0.391. The van der Waals surface area contributed by atoms with Crippen molar-refractivity contribution in [2.75, 3.05) is 49.9 Å². The number of hydrogen-bond donors (Lipinski definition) is 4. The molecule has 7 heteroatoms. The average Bonchev–Trinajstić information content (AvgIpc) is 2.71. The second kappa shape index (κ2) is 10.3. The molecule has 30 heavy (non-hydrogen) atoms. The summed E-state index contributed by atoms with van der Waals surface area (Å²) in [5.74, 6) is -0.461. The van der Waals surface area contributed by atoms with Crippen LogP contribution >= 0.6 is 0 Å². The zero-order valence-electron chi connectivity index (χ0n) is 17.7. The molecule has 0 aromatic heterocycles. The van der Waals surface area contributed by atoms with Crippen LogP contribution in [0.1, 0.15) is 18.1 Å². The van der Waals surface area contributed by atoms with Crippen LogP contribution < -0.4 is 20.4 Å². The van der Waals surface area contributed by atoms with Crippen LogP contribution in [0.5, 0.6) is 0 Å². The van der Waals surface area contributed by atoms with Crippen LogP contribution in [0.4, 0.5) is 15.8 Å². The molecule has 1 fully saturated rings. The van der Waals surface area contributed by atoms with Crippen LogP contribution in [0.25, 0.3) is 0 Å². The lowest BCUT2D eigenvalue weighted by atomic mass is 10.1. The molecule has 160 valence electrons. The molecule has 6 nitrogen and oxygen atoms in total. The quantitative estimate of drug-likeness (QED) is 0.518. The summed E-state index contributed by atoms with van der Waals surface area (Å²) in [5.41, 5.74) is 3.64. The lowest BCUT2D eigenvalue weighted by Gasteiger charge is -2.29. The minimum atomic E-state index is -0.368. The summed E-state index contributed by atoms with van der Waals surface area (Å²) in [6, 6.07) is 12.0. The van der Waals surface area contributed by atoms with Crippen LogP contribution in [0.2, 0.25) is 0 Å². The maximum Gasteiger partial charge on any atom is 0.279 e. The predicted molar refractivity (Wildman–Crippen MR) is 115 cm³/mol. The summed E-state index contributed by atoms with van der Waals surface area (Å²) in [5, 5.41) is 5.84. The summed E-state index contributed by atoms with van der Waals surface area (Å²) < 4.78 is 13.2. The third-order valence-corrected chi connectivity index (χ3v) is 5.60. The van der Waals surface area contributed by atoms with Crippen molar-refractivity contribution in [1.82, 2.24) is 0 Å². The van der Waals surface area contributed by atoms with Crippen LogP contribution in [-0.2, 0) is 16.0 Å². The highest BCUT2D eigenvalue weighted by Gasteiger charge is 2.26. The average molecular weight is 415 g/mol. The van der Waals surface area contributed by atoms with Crippen molar-refractivity contribution in [1.29, 1.82) is 0 Å². The van der Waals surface area contributed by atoms with Gasteiger partial charge in [-0.25, -0.2) is 4.39 Å². The maximum atomic E-state index is 13.2. The first-order valence-corrected chi connectivity index (χ1v) is 10.6. The molecule has 0 spiro atoms. The molecule has 4 N–H and O–H groups in total. The van der Waals surface area contributed by atoms with E-state index in [0.717, 1.165) is 49.4 Å². The van der Waals surface area contributed by atoms with Gasteiger partial charge in [0.1, 0.15) is 32.0 Å². The summed E-state index contributed by atoms with van der Waals surface area (Å²) in [7, 11) is 0. The van der Waals surface area contributed by atoms with Gasteiger partial charge in [0.25, 0.3) is 11.8 Å². The van der Waals surface area contributed by atoms with Gasteiger partial charge in [0.2, 0.25) is 0 Å². The molecule has 0 aliphatic carbocycles. The largest absolute Gasteiger partial charge is 0.321 e. The van der Waals surface area contributed by atoms with Gasteiger partial charge in [0, 0.05) is 11.4 Å². The molecule has 2 aromatic carbocycles.